The first kappa shape index (κ1) is 12.1. The molecule has 1 atom stereocenters. The largest absolute Gasteiger partial charge is 0.0774 e. The van der Waals surface area contributed by atoms with Crippen LogP contribution in [0.5, 0.6) is 0 Å². The summed E-state index contributed by atoms with van der Waals surface area (Å²) in [5, 5.41) is 0. The fourth-order valence-electron chi connectivity index (χ4n) is 2.63. The average Bonchev–Trinajstić information content (AvgIpc) is 2.14. The molecule has 0 spiro atoms. The molecule has 1 unspecified atom stereocenters. The fourth-order valence-corrected chi connectivity index (χ4v) is 2.63. The summed E-state index contributed by atoms with van der Waals surface area (Å²) in [4.78, 5) is 0. The molecule has 0 N–H and O–H groups in total. The van der Waals surface area contributed by atoms with Crippen molar-refractivity contribution >= 4 is 7.85 Å². The minimum absolute atomic E-state index is 0.455. The van der Waals surface area contributed by atoms with E-state index in [1.807, 2.05) is 0 Å². The Morgan fingerprint density at radius 3 is 2.21 bits per heavy atom. The molecule has 1 saturated carbocycles. The third kappa shape index (κ3) is 4.53. The highest BCUT2D eigenvalue weighted by Crippen LogP contribution is 2.31. The van der Waals surface area contributed by atoms with Crippen LogP contribution in [0, 0.1) is 11.8 Å². The molecule has 80 valence electrons. The maximum absolute atomic E-state index is 6.02. The fraction of sp³-hybridized carbons (Fsp3) is 1.00. The maximum Gasteiger partial charge on any atom is 0.0699 e. The molecule has 0 nitrogen and oxygen atoms in total. The van der Waals surface area contributed by atoms with Crippen molar-refractivity contribution in [3.63, 3.8) is 0 Å². The zero-order chi connectivity index (χ0) is 10.4. The monoisotopic (exact) mass is 192 g/mol. The van der Waals surface area contributed by atoms with Crippen LogP contribution in [-0.2, 0) is 0 Å². The van der Waals surface area contributed by atoms with Crippen molar-refractivity contribution in [1.29, 1.82) is 0 Å². The average molecular weight is 192 g/mol. The lowest BCUT2D eigenvalue weighted by Crippen LogP contribution is -2.10. The summed E-state index contributed by atoms with van der Waals surface area (Å²) in [6.45, 7) is 4.60. The Kier molecular flexibility index (Phi) is 5.66. The predicted octanol–water partition coefficient (Wildman–Crippen LogP) is 4.35. The molecule has 0 aromatic carbocycles. The van der Waals surface area contributed by atoms with Crippen molar-refractivity contribution in [2.45, 2.75) is 71.0 Å². The Bertz CT molecular complexity index is 134. The number of hydrogen-bond acceptors (Lipinski definition) is 0. The highest BCUT2D eigenvalue weighted by Gasteiger charge is 2.15. The van der Waals surface area contributed by atoms with E-state index in [1.165, 1.54) is 44.9 Å². The molecule has 0 bridgehead atoms. The van der Waals surface area contributed by atoms with Crippen LogP contribution in [0.1, 0.15) is 65.2 Å². The molecule has 0 heterocycles. The van der Waals surface area contributed by atoms with Gasteiger partial charge in [0.25, 0.3) is 0 Å². The molecule has 1 heteroatoms. The van der Waals surface area contributed by atoms with Crippen molar-refractivity contribution in [3.05, 3.63) is 0 Å². The SMILES string of the molecule is [B]C(CC)CC1CCCC(C)CCC1. The third-order valence-electron chi connectivity index (χ3n) is 3.78. The lowest BCUT2D eigenvalue weighted by Gasteiger charge is -2.24. The van der Waals surface area contributed by atoms with Crippen molar-refractivity contribution in [2.75, 3.05) is 0 Å². The Hall–Kier alpha value is 0.0649. The second-order valence-electron chi connectivity index (χ2n) is 5.24. The molecule has 1 aliphatic rings. The Labute approximate surface area is 91.3 Å². The standard InChI is InChI=1S/C13H25B/c1-3-13(14)10-12-8-4-6-11(2)7-5-9-12/h11-13H,3-10H2,1-2H3. The molecule has 1 aliphatic carbocycles. The first-order chi connectivity index (χ1) is 6.72. The second kappa shape index (κ2) is 6.53. The predicted molar refractivity (Wildman–Crippen MR) is 64.8 cm³/mol. The van der Waals surface area contributed by atoms with Crippen LogP contribution in [0.2, 0.25) is 5.82 Å². The smallest absolute Gasteiger partial charge is 0.0699 e. The van der Waals surface area contributed by atoms with Gasteiger partial charge < -0.3 is 0 Å². The highest BCUT2D eigenvalue weighted by atomic mass is 14.2. The first-order valence-electron chi connectivity index (χ1n) is 6.48. The van der Waals surface area contributed by atoms with E-state index in [-0.39, 0.29) is 0 Å². The Morgan fingerprint density at radius 1 is 1.14 bits per heavy atom. The summed E-state index contributed by atoms with van der Waals surface area (Å²) >= 11 is 0. The van der Waals surface area contributed by atoms with Gasteiger partial charge in [-0.05, 0) is 11.8 Å². The van der Waals surface area contributed by atoms with Crippen LogP contribution in [0.25, 0.3) is 0 Å². The van der Waals surface area contributed by atoms with Gasteiger partial charge in [0.1, 0.15) is 0 Å². The minimum atomic E-state index is 0.455. The molecule has 14 heavy (non-hydrogen) atoms. The van der Waals surface area contributed by atoms with Gasteiger partial charge in [-0.3, -0.25) is 0 Å². The summed E-state index contributed by atoms with van der Waals surface area (Å²) in [7, 11) is 6.02. The summed E-state index contributed by atoms with van der Waals surface area (Å²) in [6, 6.07) is 0. The van der Waals surface area contributed by atoms with Crippen molar-refractivity contribution in [1.82, 2.24) is 0 Å². The quantitative estimate of drug-likeness (QED) is 0.583. The third-order valence-corrected chi connectivity index (χ3v) is 3.78. The summed E-state index contributed by atoms with van der Waals surface area (Å²) in [5.41, 5.74) is 0. The minimum Gasteiger partial charge on any atom is -0.0774 e. The van der Waals surface area contributed by atoms with Gasteiger partial charge in [-0.1, -0.05) is 71.0 Å². The number of hydrogen-bond donors (Lipinski definition) is 0. The summed E-state index contributed by atoms with van der Waals surface area (Å²) in [6.07, 6.45) is 11.0. The van der Waals surface area contributed by atoms with Gasteiger partial charge in [0.05, 0.1) is 7.85 Å². The Balaban J connectivity index is 2.24. The van der Waals surface area contributed by atoms with E-state index < -0.39 is 0 Å². The van der Waals surface area contributed by atoms with E-state index >= 15 is 0 Å². The van der Waals surface area contributed by atoms with E-state index in [1.54, 1.807) is 0 Å². The van der Waals surface area contributed by atoms with Crippen LogP contribution in [0.4, 0.5) is 0 Å². The second-order valence-corrected chi connectivity index (χ2v) is 5.24. The molecule has 1 rings (SSSR count). The molecule has 0 aliphatic heterocycles. The van der Waals surface area contributed by atoms with Gasteiger partial charge >= 0.3 is 0 Å². The van der Waals surface area contributed by atoms with Crippen LogP contribution < -0.4 is 0 Å². The molecule has 0 aromatic heterocycles. The van der Waals surface area contributed by atoms with E-state index in [4.69, 9.17) is 7.85 Å². The van der Waals surface area contributed by atoms with Gasteiger partial charge in [-0.25, -0.2) is 0 Å². The molecule has 0 saturated heterocycles. The lowest BCUT2D eigenvalue weighted by atomic mass is 9.74. The van der Waals surface area contributed by atoms with Gasteiger partial charge in [0.2, 0.25) is 0 Å². The van der Waals surface area contributed by atoms with Crippen molar-refractivity contribution in [3.8, 4) is 0 Å². The maximum atomic E-state index is 6.02. The van der Waals surface area contributed by atoms with Gasteiger partial charge in [0.15, 0.2) is 0 Å². The molecule has 1 fully saturated rings. The molecule has 2 radical (unpaired) electrons. The molecule has 0 aromatic rings. The van der Waals surface area contributed by atoms with Gasteiger partial charge in [-0.15, -0.1) is 0 Å². The van der Waals surface area contributed by atoms with Crippen LogP contribution in [0.15, 0.2) is 0 Å². The molecular formula is C13H25B. The van der Waals surface area contributed by atoms with E-state index in [9.17, 15) is 0 Å². The lowest BCUT2D eigenvalue weighted by molar-refractivity contribution is 0.313. The van der Waals surface area contributed by atoms with Crippen LogP contribution in [0.3, 0.4) is 0 Å². The molecule has 0 amide bonds. The molecular weight excluding hydrogens is 167 g/mol. The zero-order valence-corrected chi connectivity index (χ0v) is 9.97. The zero-order valence-electron chi connectivity index (χ0n) is 9.97. The van der Waals surface area contributed by atoms with Gasteiger partial charge in [-0.2, -0.15) is 0 Å². The van der Waals surface area contributed by atoms with Crippen LogP contribution in [-0.4, -0.2) is 7.85 Å². The van der Waals surface area contributed by atoms with E-state index in [0.29, 0.717) is 5.82 Å². The van der Waals surface area contributed by atoms with Gasteiger partial charge in [0, 0.05) is 0 Å². The van der Waals surface area contributed by atoms with E-state index in [2.05, 4.69) is 13.8 Å². The summed E-state index contributed by atoms with van der Waals surface area (Å²) < 4.78 is 0. The van der Waals surface area contributed by atoms with Crippen molar-refractivity contribution < 1.29 is 0 Å². The van der Waals surface area contributed by atoms with Crippen LogP contribution >= 0.6 is 0 Å². The van der Waals surface area contributed by atoms with E-state index in [0.717, 1.165) is 18.3 Å². The Morgan fingerprint density at radius 2 is 1.71 bits per heavy atom. The topological polar surface area (TPSA) is 0 Å². The first-order valence-corrected chi connectivity index (χ1v) is 6.48. The number of rotatable bonds is 3. The summed E-state index contributed by atoms with van der Waals surface area (Å²) in [5.74, 6) is 2.35. The van der Waals surface area contributed by atoms with Crippen molar-refractivity contribution in [2.24, 2.45) is 11.8 Å². The highest BCUT2D eigenvalue weighted by molar-refractivity contribution is 6.11. The normalized spacial score (nSPS) is 31.9.